The molecule has 168 valence electrons. The predicted octanol–water partition coefficient (Wildman–Crippen LogP) is 4.48. The zero-order valence-corrected chi connectivity index (χ0v) is 20.6. The van der Waals surface area contributed by atoms with Crippen molar-refractivity contribution in [3.63, 3.8) is 0 Å². The third kappa shape index (κ3) is 6.23. The quantitative estimate of drug-likeness (QED) is 0.294. The van der Waals surface area contributed by atoms with Crippen molar-refractivity contribution in [3.8, 4) is 0 Å². The fourth-order valence-corrected chi connectivity index (χ4v) is 8.48. The van der Waals surface area contributed by atoms with Crippen LogP contribution in [0.15, 0.2) is 72.8 Å². The average Bonchev–Trinajstić information content (AvgIpc) is 2.76. The van der Waals surface area contributed by atoms with E-state index in [1.165, 1.54) is 16.4 Å². The Kier molecular flexibility index (Phi) is 9.38. The van der Waals surface area contributed by atoms with E-state index in [1.807, 2.05) is 39.0 Å². The molecule has 0 radical (unpaired) electrons. The highest BCUT2D eigenvalue weighted by molar-refractivity contribution is 6.99. The van der Waals surface area contributed by atoms with E-state index in [1.54, 1.807) is 0 Å². The molecular weight excluding hydrogens is 404 g/mol. The summed E-state index contributed by atoms with van der Waals surface area (Å²) in [6.45, 7) is 13.2. The van der Waals surface area contributed by atoms with Crippen molar-refractivity contribution in [1.29, 1.82) is 0 Å². The summed E-state index contributed by atoms with van der Waals surface area (Å²) in [6.07, 6.45) is 2.20. The van der Waals surface area contributed by atoms with Gasteiger partial charge in [0.05, 0.1) is 6.10 Å². The van der Waals surface area contributed by atoms with Gasteiger partial charge in [-0.1, -0.05) is 87.5 Å². The molecule has 0 aromatic heterocycles. The maximum Gasteiger partial charge on any atom is 0.261 e. The molecular formula is C26H36O4Si. The summed E-state index contributed by atoms with van der Waals surface area (Å²) in [5, 5.41) is 2.30. The fourth-order valence-electron chi connectivity index (χ4n) is 3.83. The lowest BCUT2D eigenvalue weighted by molar-refractivity contribution is -0.162. The molecule has 0 unspecified atom stereocenters. The molecule has 2 aromatic carbocycles. The van der Waals surface area contributed by atoms with Crippen LogP contribution in [0, 0.1) is 0 Å². The number of hydrogen-bond donors (Lipinski definition) is 0. The Morgan fingerprint density at radius 1 is 0.903 bits per heavy atom. The summed E-state index contributed by atoms with van der Waals surface area (Å²) in [5.74, 6) is -0.207. The van der Waals surface area contributed by atoms with Crippen molar-refractivity contribution in [3.05, 3.63) is 72.8 Å². The molecule has 1 atom stereocenters. The second-order valence-corrected chi connectivity index (χ2v) is 12.7. The van der Waals surface area contributed by atoms with E-state index >= 15 is 0 Å². The van der Waals surface area contributed by atoms with E-state index in [0.29, 0.717) is 13.2 Å². The molecule has 0 heterocycles. The van der Waals surface area contributed by atoms with Crippen LogP contribution in [0.3, 0.4) is 0 Å². The Labute approximate surface area is 188 Å². The number of ether oxygens (including phenoxy) is 2. The average molecular weight is 441 g/mol. The molecule has 4 nitrogen and oxygen atoms in total. The van der Waals surface area contributed by atoms with Crippen LogP contribution in [0.2, 0.25) is 5.04 Å². The van der Waals surface area contributed by atoms with Gasteiger partial charge in [0.1, 0.15) is 0 Å². The Morgan fingerprint density at radius 3 is 1.74 bits per heavy atom. The summed E-state index contributed by atoms with van der Waals surface area (Å²) >= 11 is 0. The van der Waals surface area contributed by atoms with Crippen LogP contribution in [0.4, 0.5) is 0 Å². The SMILES string of the molecule is CCOC(OCC)C(=O)/C=C/[C@H](C)O[Si](c1ccccc1)(c1ccccc1)C(C)(C)C. The molecule has 31 heavy (non-hydrogen) atoms. The first-order valence-corrected chi connectivity index (χ1v) is 12.9. The molecule has 0 fully saturated rings. The number of rotatable bonds is 11. The van der Waals surface area contributed by atoms with Crippen LogP contribution in [-0.2, 0) is 18.7 Å². The van der Waals surface area contributed by atoms with Gasteiger partial charge in [0, 0.05) is 13.2 Å². The number of ketones is 1. The van der Waals surface area contributed by atoms with Gasteiger partial charge < -0.3 is 13.9 Å². The van der Waals surface area contributed by atoms with Gasteiger partial charge in [-0.2, -0.15) is 0 Å². The van der Waals surface area contributed by atoms with Crippen LogP contribution >= 0.6 is 0 Å². The van der Waals surface area contributed by atoms with E-state index in [2.05, 4.69) is 69.3 Å². The third-order valence-corrected chi connectivity index (χ3v) is 10.3. The van der Waals surface area contributed by atoms with Gasteiger partial charge in [0.15, 0.2) is 0 Å². The molecule has 2 rings (SSSR count). The van der Waals surface area contributed by atoms with Crippen molar-refractivity contribution in [1.82, 2.24) is 0 Å². The highest BCUT2D eigenvalue weighted by atomic mass is 28.4. The normalized spacial score (nSPS) is 13.6. The molecule has 0 aliphatic carbocycles. The summed E-state index contributed by atoms with van der Waals surface area (Å²) in [6, 6.07) is 20.9. The zero-order valence-electron chi connectivity index (χ0n) is 19.6. The highest BCUT2D eigenvalue weighted by Crippen LogP contribution is 2.37. The Balaban J connectivity index is 2.41. The fraction of sp³-hybridized carbons (Fsp3) is 0.423. The first kappa shape index (κ1) is 25.2. The van der Waals surface area contributed by atoms with E-state index in [9.17, 15) is 4.79 Å². The van der Waals surface area contributed by atoms with Gasteiger partial charge in [-0.25, -0.2) is 0 Å². The van der Waals surface area contributed by atoms with Gasteiger partial charge in [-0.05, 0) is 42.3 Å². The number of carbonyl (C=O) groups excluding carboxylic acids is 1. The monoisotopic (exact) mass is 440 g/mol. The predicted molar refractivity (Wildman–Crippen MR) is 129 cm³/mol. The third-order valence-electron chi connectivity index (χ3n) is 5.18. The van der Waals surface area contributed by atoms with Crippen LogP contribution in [-0.4, -0.2) is 39.7 Å². The van der Waals surface area contributed by atoms with Crippen molar-refractivity contribution >= 4 is 24.5 Å². The standard InChI is InChI=1S/C26H36O4Si/c1-7-28-25(29-8-2)24(27)20-19-21(3)30-31(26(4,5)6,22-15-11-9-12-16-22)23-17-13-10-14-18-23/h9-21,25H,7-8H2,1-6H3/b20-19+/t21-/m0/s1. The molecule has 0 aliphatic rings. The molecule has 0 saturated heterocycles. The molecule has 2 aromatic rings. The topological polar surface area (TPSA) is 44.8 Å². The molecule has 0 N–H and O–H groups in total. The Morgan fingerprint density at radius 2 is 1.35 bits per heavy atom. The summed E-state index contributed by atoms with van der Waals surface area (Å²) in [5.41, 5.74) is 0. The molecule has 0 saturated carbocycles. The zero-order chi connectivity index (χ0) is 22.9. The van der Waals surface area contributed by atoms with Crippen LogP contribution in [0.1, 0.15) is 41.5 Å². The maximum absolute atomic E-state index is 12.5. The van der Waals surface area contributed by atoms with Crippen molar-refractivity contribution in [2.75, 3.05) is 13.2 Å². The second kappa shape index (κ2) is 11.5. The first-order valence-electron chi connectivity index (χ1n) is 11.0. The minimum Gasteiger partial charge on any atom is -0.401 e. The van der Waals surface area contributed by atoms with Crippen LogP contribution in [0.5, 0.6) is 0 Å². The van der Waals surface area contributed by atoms with Gasteiger partial charge in [-0.3, -0.25) is 4.79 Å². The van der Waals surface area contributed by atoms with E-state index in [0.717, 1.165) is 0 Å². The van der Waals surface area contributed by atoms with E-state index in [-0.39, 0.29) is 16.9 Å². The number of benzene rings is 2. The number of hydrogen-bond acceptors (Lipinski definition) is 4. The van der Waals surface area contributed by atoms with Gasteiger partial charge in [0.25, 0.3) is 8.32 Å². The lowest BCUT2D eigenvalue weighted by atomic mass is 10.2. The molecule has 0 bridgehead atoms. The summed E-state index contributed by atoms with van der Waals surface area (Å²) in [7, 11) is -2.67. The smallest absolute Gasteiger partial charge is 0.261 e. The minimum absolute atomic E-state index is 0.124. The van der Waals surface area contributed by atoms with Gasteiger partial charge in [-0.15, -0.1) is 0 Å². The lowest BCUT2D eigenvalue weighted by Gasteiger charge is -2.44. The first-order chi connectivity index (χ1) is 14.8. The van der Waals surface area contributed by atoms with Crippen molar-refractivity contribution < 1.29 is 18.7 Å². The largest absolute Gasteiger partial charge is 0.401 e. The van der Waals surface area contributed by atoms with Gasteiger partial charge in [0.2, 0.25) is 12.1 Å². The molecule has 0 aliphatic heterocycles. The highest BCUT2D eigenvalue weighted by Gasteiger charge is 2.50. The maximum atomic E-state index is 12.5. The lowest BCUT2D eigenvalue weighted by Crippen LogP contribution is -2.67. The summed E-state index contributed by atoms with van der Waals surface area (Å²) < 4.78 is 17.8. The van der Waals surface area contributed by atoms with E-state index < -0.39 is 14.6 Å². The van der Waals surface area contributed by atoms with Crippen molar-refractivity contribution in [2.24, 2.45) is 0 Å². The van der Waals surface area contributed by atoms with E-state index in [4.69, 9.17) is 13.9 Å². The molecule has 5 heteroatoms. The molecule has 0 amide bonds. The minimum atomic E-state index is -2.67. The van der Waals surface area contributed by atoms with Crippen LogP contribution < -0.4 is 10.4 Å². The number of carbonyl (C=O) groups is 1. The molecule has 0 spiro atoms. The second-order valence-electron chi connectivity index (χ2n) is 8.49. The van der Waals surface area contributed by atoms with Crippen LogP contribution in [0.25, 0.3) is 0 Å². The van der Waals surface area contributed by atoms with Gasteiger partial charge >= 0.3 is 0 Å². The Hall–Kier alpha value is -2.05. The Bertz CT molecular complexity index is 782. The van der Waals surface area contributed by atoms with Crippen molar-refractivity contribution in [2.45, 2.75) is 59.0 Å². The summed E-state index contributed by atoms with van der Waals surface area (Å²) in [4.78, 5) is 12.5.